The molecule has 40 heavy (non-hydrogen) atoms. The van der Waals surface area contributed by atoms with Gasteiger partial charge in [-0.3, -0.25) is 19.2 Å². The summed E-state index contributed by atoms with van der Waals surface area (Å²) in [7, 11) is 0. The van der Waals surface area contributed by atoms with Crippen LogP contribution >= 0.6 is 0 Å². The van der Waals surface area contributed by atoms with E-state index in [0.717, 1.165) is 0 Å². The van der Waals surface area contributed by atoms with Crippen molar-refractivity contribution in [1.82, 2.24) is 0 Å². The van der Waals surface area contributed by atoms with E-state index in [2.05, 4.69) is 4.85 Å². The summed E-state index contributed by atoms with van der Waals surface area (Å²) in [6, 6.07) is 26.6. The van der Waals surface area contributed by atoms with Crippen molar-refractivity contribution in [3.63, 3.8) is 0 Å². The molecule has 0 aliphatic rings. The van der Waals surface area contributed by atoms with Crippen LogP contribution in [0.4, 0.5) is 5.69 Å². The number of ether oxygens (including phenoxy) is 2. The van der Waals surface area contributed by atoms with Crippen molar-refractivity contribution in [2.24, 2.45) is 0 Å². The predicted molar refractivity (Wildman–Crippen MR) is 144 cm³/mol. The van der Waals surface area contributed by atoms with Crippen molar-refractivity contribution in [3.05, 3.63) is 136 Å². The van der Waals surface area contributed by atoms with Gasteiger partial charge >= 0.3 is 11.9 Å². The van der Waals surface area contributed by atoms with Crippen LogP contribution in [0.25, 0.3) is 4.85 Å². The maximum atomic E-state index is 12.6. The molecule has 0 unspecified atom stereocenters. The fraction of sp³-hybridized carbons (Fsp3) is 0.0625. The molecule has 0 heterocycles. The first-order valence-electron chi connectivity index (χ1n) is 12.0. The van der Waals surface area contributed by atoms with E-state index >= 15 is 0 Å². The third-order valence-electron chi connectivity index (χ3n) is 5.76. The Kier molecular flexibility index (Phi) is 8.56. The lowest BCUT2D eigenvalue weighted by Crippen LogP contribution is -2.14. The number of benzene rings is 4. The summed E-state index contributed by atoms with van der Waals surface area (Å²) >= 11 is 0. The lowest BCUT2D eigenvalue weighted by Gasteiger charge is -2.07. The smallest absolute Gasteiger partial charge is 0.311 e. The van der Waals surface area contributed by atoms with E-state index in [-0.39, 0.29) is 35.9 Å². The number of hydrogen-bond acceptors (Lipinski definition) is 7. The second kappa shape index (κ2) is 12.6. The second-order valence-electron chi connectivity index (χ2n) is 8.50. The minimum absolute atomic E-state index is 0.220. The largest absolute Gasteiger partial charge is 0.427 e. The van der Waals surface area contributed by atoms with Gasteiger partial charge in [0.1, 0.15) is 11.5 Å². The van der Waals surface area contributed by atoms with E-state index < -0.39 is 11.9 Å². The molecule has 0 aliphatic carbocycles. The highest BCUT2D eigenvalue weighted by Crippen LogP contribution is 2.20. The van der Waals surface area contributed by atoms with Gasteiger partial charge in [0.05, 0.1) is 31.0 Å². The number of carbonyl (C=O) groups excluding carboxylic acids is 4. The number of hydrogen-bond donors (Lipinski definition) is 0. The Morgan fingerprint density at radius 2 is 0.950 bits per heavy atom. The first kappa shape index (κ1) is 27.2. The average molecular weight is 529 g/mol. The fourth-order valence-corrected chi connectivity index (χ4v) is 3.63. The summed E-state index contributed by atoms with van der Waals surface area (Å²) in [4.78, 5) is 52.8. The molecule has 0 bridgehead atoms. The molecule has 8 nitrogen and oxygen atoms in total. The van der Waals surface area contributed by atoms with E-state index in [9.17, 15) is 19.2 Å². The van der Waals surface area contributed by atoms with E-state index in [1.807, 2.05) is 6.07 Å². The molecule has 0 saturated heterocycles. The molecule has 0 amide bonds. The molecule has 194 valence electrons. The minimum Gasteiger partial charge on any atom is -0.427 e. The Bertz CT molecular complexity index is 1510. The van der Waals surface area contributed by atoms with Crippen LogP contribution < -0.4 is 9.47 Å². The molecular weight excluding hydrogens is 508 g/mol. The molecule has 0 N–H and O–H groups in total. The maximum absolute atomic E-state index is 12.6. The molecule has 4 rings (SSSR count). The number of rotatable bonds is 9. The summed E-state index contributed by atoms with van der Waals surface area (Å²) in [6.45, 7) is 6.98. The summed E-state index contributed by atoms with van der Waals surface area (Å²) < 4.78 is 10.5. The van der Waals surface area contributed by atoms with Gasteiger partial charge in [-0.25, -0.2) is 4.85 Å². The summed E-state index contributed by atoms with van der Waals surface area (Å²) in [5.74, 6) is -1.32. The van der Waals surface area contributed by atoms with Crippen LogP contribution in [0.5, 0.6) is 11.5 Å². The van der Waals surface area contributed by atoms with Crippen molar-refractivity contribution in [2.75, 3.05) is 0 Å². The van der Waals surface area contributed by atoms with Crippen LogP contribution in [0.2, 0.25) is 0 Å². The van der Waals surface area contributed by atoms with Crippen LogP contribution in [-0.2, 0) is 9.59 Å². The number of nitriles is 1. The number of nitrogens with zero attached hydrogens (tertiary/aromatic N) is 2. The van der Waals surface area contributed by atoms with Gasteiger partial charge in [0.2, 0.25) is 0 Å². The predicted octanol–water partition coefficient (Wildman–Crippen LogP) is 5.86. The van der Waals surface area contributed by atoms with Crippen LogP contribution in [0.3, 0.4) is 0 Å². The molecule has 0 saturated carbocycles. The Hall–Kier alpha value is -5.86. The topological polar surface area (TPSA) is 115 Å². The van der Waals surface area contributed by atoms with Gasteiger partial charge in [-0.05, 0) is 72.8 Å². The summed E-state index contributed by atoms with van der Waals surface area (Å²) in [5.41, 5.74) is 2.53. The molecule has 0 fully saturated rings. The van der Waals surface area contributed by atoms with Crippen molar-refractivity contribution in [2.45, 2.75) is 12.8 Å². The van der Waals surface area contributed by atoms with Gasteiger partial charge in [-0.2, -0.15) is 5.26 Å². The van der Waals surface area contributed by atoms with E-state index in [0.29, 0.717) is 33.5 Å². The molecule has 0 aromatic heterocycles. The highest BCUT2D eigenvalue weighted by Gasteiger charge is 2.14. The van der Waals surface area contributed by atoms with Crippen LogP contribution in [-0.4, -0.2) is 23.5 Å². The van der Waals surface area contributed by atoms with Crippen LogP contribution in [0.1, 0.15) is 50.2 Å². The first-order valence-corrected chi connectivity index (χ1v) is 12.0. The molecule has 0 spiro atoms. The van der Waals surface area contributed by atoms with Crippen molar-refractivity contribution in [3.8, 4) is 17.6 Å². The lowest BCUT2D eigenvalue weighted by atomic mass is 10.0. The lowest BCUT2D eigenvalue weighted by molar-refractivity contribution is -0.140. The van der Waals surface area contributed by atoms with E-state index in [4.69, 9.17) is 21.3 Å². The maximum Gasteiger partial charge on any atom is 0.311 e. The quantitative estimate of drug-likeness (QED) is 0.116. The highest BCUT2D eigenvalue weighted by molar-refractivity contribution is 6.09. The van der Waals surface area contributed by atoms with Crippen LogP contribution in [0, 0.1) is 17.9 Å². The monoisotopic (exact) mass is 528 g/mol. The SMILES string of the molecule is [C-]#[N+]c1ccc(C(=O)c2ccc(OC(=O)CCC(=O)Oc3ccc(C(=O)c4ccc(C#N)cc4)cc3)cc2)cc1. The summed E-state index contributed by atoms with van der Waals surface area (Å²) in [6.07, 6.45) is -0.440. The Balaban J connectivity index is 1.24. The number of esters is 2. The molecule has 4 aromatic carbocycles. The molecule has 4 aromatic rings. The molecule has 0 radical (unpaired) electrons. The van der Waals surface area contributed by atoms with Gasteiger partial charge in [0.25, 0.3) is 0 Å². The highest BCUT2D eigenvalue weighted by atomic mass is 16.5. The molecular formula is C32H20N2O6. The first-order chi connectivity index (χ1) is 19.4. The fourth-order valence-electron chi connectivity index (χ4n) is 3.63. The summed E-state index contributed by atoms with van der Waals surface area (Å²) in [5, 5.41) is 8.87. The van der Waals surface area contributed by atoms with E-state index in [1.165, 1.54) is 48.5 Å². The minimum atomic E-state index is -0.645. The van der Waals surface area contributed by atoms with Gasteiger partial charge in [-0.1, -0.05) is 24.3 Å². The molecule has 0 atom stereocenters. The van der Waals surface area contributed by atoms with Crippen molar-refractivity contribution < 1.29 is 28.7 Å². The van der Waals surface area contributed by atoms with Gasteiger partial charge in [0, 0.05) is 22.3 Å². The van der Waals surface area contributed by atoms with Gasteiger partial charge < -0.3 is 9.47 Å². The Labute approximate surface area is 229 Å². The normalized spacial score (nSPS) is 10.1. The Morgan fingerprint density at radius 3 is 1.30 bits per heavy atom. The van der Waals surface area contributed by atoms with Crippen molar-refractivity contribution >= 4 is 29.2 Å². The number of ketones is 2. The third-order valence-corrected chi connectivity index (χ3v) is 5.76. The third kappa shape index (κ3) is 6.91. The molecule has 8 heteroatoms. The second-order valence-corrected chi connectivity index (χ2v) is 8.50. The van der Waals surface area contributed by atoms with E-state index in [1.54, 1.807) is 48.5 Å². The molecule has 0 aliphatic heterocycles. The zero-order valence-corrected chi connectivity index (χ0v) is 21.0. The standard InChI is InChI=1S/C32H20N2O6/c1-34-26-12-6-23(7-13-26)32(38)25-10-16-28(17-11-25)40-30(36)19-18-29(35)39-27-14-8-24(9-15-27)31(37)22-4-2-21(20-33)3-5-22/h2-17H,18-19H2. The Morgan fingerprint density at radius 1 is 0.600 bits per heavy atom. The van der Waals surface area contributed by atoms with Crippen LogP contribution in [0.15, 0.2) is 97.1 Å². The van der Waals surface area contributed by atoms with Crippen molar-refractivity contribution in [1.29, 1.82) is 5.26 Å². The van der Waals surface area contributed by atoms with Gasteiger partial charge in [-0.15, -0.1) is 0 Å². The zero-order chi connectivity index (χ0) is 28.5. The zero-order valence-electron chi connectivity index (χ0n) is 21.0. The average Bonchev–Trinajstić information content (AvgIpc) is 3.00. The van der Waals surface area contributed by atoms with Gasteiger partial charge in [0.15, 0.2) is 17.3 Å². The number of carbonyl (C=O) groups is 4.